The molecule has 1 aliphatic heterocycles. The Morgan fingerprint density at radius 1 is 1.08 bits per heavy atom. The summed E-state index contributed by atoms with van der Waals surface area (Å²) in [6.07, 6.45) is 14.1. The van der Waals surface area contributed by atoms with Crippen LogP contribution in [0.2, 0.25) is 0 Å². The molecule has 0 aromatic rings. The van der Waals surface area contributed by atoms with E-state index in [-0.39, 0.29) is 0 Å². The Labute approximate surface area is 154 Å². The molecule has 8 atom stereocenters. The summed E-state index contributed by atoms with van der Waals surface area (Å²) in [5.74, 6) is 2.90. The summed E-state index contributed by atoms with van der Waals surface area (Å²) in [5.41, 5.74) is 3.48. The molecule has 2 heteroatoms. The maximum Gasteiger partial charge on any atom is 0.0102 e. The van der Waals surface area contributed by atoms with E-state index in [2.05, 4.69) is 44.5 Å². The van der Waals surface area contributed by atoms with Crippen LogP contribution < -0.4 is 10.6 Å². The molecule has 140 valence electrons. The van der Waals surface area contributed by atoms with E-state index >= 15 is 0 Å². The van der Waals surface area contributed by atoms with Crippen LogP contribution in [-0.4, -0.2) is 25.7 Å². The van der Waals surface area contributed by atoms with Gasteiger partial charge in [-0.15, -0.1) is 0 Å². The zero-order valence-electron chi connectivity index (χ0n) is 16.8. The number of fused-ring (bicyclic) bond motifs is 4. The van der Waals surface area contributed by atoms with Gasteiger partial charge in [0.25, 0.3) is 0 Å². The highest BCUT2D eigenvalue weighted by molar-refractivity contribution is 5.27. The lowest BCUT2D eigenvalue weighted by Crippen LogP contribution is -2.53. The molecular weight excluding hydrogens is 304 g/mol. The van der Waals surface area contributed by atoms with Crippen LogP contribution in [0.3, 0.4) is 0 Å². The molecule has 1 saturated heterocycles. The molecule has 0 bridgehead atoms. The van der Waals surface area contributed by atoms with E-state index in [0.29, 0.717) is 22.3 Å². The predicted octanol–water partition coefficient (Wildman–Crippen LogP) is 4.52. The Hall–Kier alpha value is -0.340. The van der Waals surface area contributed by atoms with Crippen molar-refractivity contribution < 1.29 is 0 Å². The highest BCUT2D eigenvalue weighted by Crippen LogP contribution is 2.71. The number of allylic oxidation sites excluding steroid dienone is 1. The van der Waals surface area contributed by atoms with E-state index in [0.717, 1.165) is 23.8 Å². The average molecular weight is 343 g/mol. The smallest absolute Gasteiger partial charge is 0.0102 e. The molecule has 5 aliphatic rings. The fourth-order valence-electron chi connectivity index (χ4n) is 8.66. The summed E-state index contributed by atoms with van der Waals surface area (Å²) < 4.78 is 0. The molecule has 3 saturated carbocycles. The molecular formula is C23H38N2. The maximum absolute atomic E-state index is 3.90. The minimum absolute atomic E-state index is 0.508. The second kappa shape index (κ2) is 5.35. The van der Waals surface area contributed by atoms with Gasteiger partial charge in [-0.25, -0.2) is 0 Å². The summed E-state index contributed by atoms with van der Waals surface area (Å²) in [7, 11) is 2.15. The Kier molecular flexibility index (Phi) is 3.60. The van der Waals surface area contributed by atoms with Gasteiger partial charge in [0.1, 0.15) is 0 Å². The molecule has 2 N–H and O–H groups in total. The van der Waals surface area contributed by atoms with Gasteiger partial charge >= 0.3 is 0 Å². The summed E-state index contributed by atoms with van der Waals surface area (Å²) >= 11 is 0. The molecule has 8 unspecified atom stereocenters. The Morgan fingerprint density at radius 2 is 1.88 bits per heavy atom. The van der Waals surface area contributed by atoms with Crippen molar-refractivity contribution in [1.82, 2.24) is 10.6 Å². The van der Waals surface area contributed by atoms with Crippen molar-refractivity contribution in [3.05, 3.63) is 11.6 Å². The molecule has 2 nitrogen and oxygen atoms in total. The lowest BCUT2D eigenvalue weighted by atomic mass is 9.45. The normalized spacial score (nSPS) is 57.3. The molecule has 0 aromatic heterocycles. The molecule has 25 heavy (non-hydrogen) atoms. The van der Waals surface area contributed by atoms with Gasteiger partial charge in [0, 0.05) is 18.6 Å². The maximum atomic E-state index is 3.90. The second-order valence-electron chi connectivity index (χ2n) is 10.7. The SMILES string of the molecule is CNC1CCC2(C)C(=CCC3C2CCC24CNC(C)C2(C)CCC34)C1. The summed E-state index contributed by atoms with van der Waals surface area (Å²) in [5, 5.41) is 7.46. The molecule has 0 aromatic carbocycles. The molecule has 1 heterocycles. The van der Waals surface area contributed by atoms with Crippen LogP contribution in [-0.2, 0) is 0 Å². The number of hydrogen-bond acceptors (Lipinski definition) is 2. The summed E-state index contributed by atoms with van der Waals surface area (Å²) in [6.45, 7) is 9.03. The van der Waals surface area contributed by atoms with Crippen molar-refractivity contribution >= 4 is 0 Å². The average Bonchev–Trinajstić information content (AvgIpc) is 3.05. The third kappa shape index (κ3) is 1.94. The van der Waals surface area contributed by atoms with E-state index in [9.17, 15) is 0 Å². The van der Waals surface area contributed by atoms with Gasteiger partial charge < -0.3 is 10.6 Å². The van der Waals surface area contributed by atoms with Gasteiger partial charge in [-0.2, -0.15) is 0 Å². The predicted molar refractivity (Wildman–Crippen MR) is 104 cm³/mol. The Morgan fingerprint density at radius 3 is 2.68 bits per heavy atom. The summed E-state index contributed by atoms with van der Waals surface area (Å²) in [6, 6.07) is 1.44. The Bertz CT molecular complexity index is 597. The fraction of sp³-hybridized carbons (Fsp3) is 0.913. The van der Waals surface area contributed by atoms with Crippen molar-refractivity contribution in [3.8, 4) is 0 Å². The first-order valence-corrected chi connectivity index (χ1v) is 11.0. The van der Waals surface area contributed by atoms with E-state index in [4.69, 9.17) is 0 Å². The first-order valence-electron chi connectivity index (χ1n) is 11.0. The van der Waals surface area contributed by atoms with Crippen LogP contribution in [0.15, 0.2) is 11.6 Å². The van der Waals surface area contributed by atoms with Crippen molar-refractivity contribution in [2.75, 3.05) is 13.6 Å². The van der Waals surface area contributed by atoms with Crippen molar-refractivity contribution in [2.45, 2.75) is 84.2 Å². The van der Waals surface area contributed by atoms with Crippen molar-refractivity contribution in [3.63, 3.8) is 0 Å². The first kappa shape index (κ1) is 16.8. The second-order valence-corrected chi connectivity index (χ2v) is 10.7. The Balaban J connectivity index is 1.49. The van der Waals surface area contributed by atoms with E-state index in [1.807, 2.05) is 5.57 Å². The van der Waals surface area contributed by atoms with Crippen LogP contribution in [0, 0.1) is 34.0 Å². The van der Waals surface area contributed by atoms with Crippen molar-refractivity contribution in [2.24, 2.45) is 34.0 Å². The minimum atomic E-state index is 0.508. The van der Waals surface area contributed by atoms with Gasteiger partial charge in [-0.1, -0.05) is 25.5 Å². The fourth-order valence-corrected chi connectivity index (χ4v) is 8.66. The van der Waals surface area contributed by atoms with Crippen LogP contribution in [0.5, 0.6) is 0 Å². The highest BCUT2D eigenvalue weighted by atomic mass is 15.0. The summed E-state index contributed by atoms with van der Waals surface area (Å²) in [4.78, 5) is 0. The lowest BCUT2D eigenvalue weighted by molar-refractivity contribution is -0.0595. The molecule has 4 aliphatic carbocycles. The molecule has 0 radical (unpaired) electrons. The molecule has 4 fully saturated rings. The van der Waals surface area contributed by atoms with Gasteiger partial charge in [-0.3, -0.25) is 0 Å². The molecule has 0 amide bonds. The third-order valence-electron chi connectivity index (χ3n) is 10.5. The van der Waals surface area contributed by atoms with E-state index in [1.165, 1.54) is 57.9 Å². The zero-order valence-corrected chi connectivity index (χ0v) is 16.8. The largest absolute Gasteiger partial charge is 0.317 e. The van der Waals surface area contributed by atoms with E-state index < -0.39 is 0 Å². The monoisotopic (exact) mass is 342 g/mol. The number of rotatable bonds is 1. The lowest BCUT2D eigenvalue weighted by Gasteiger charge is -2.59. The van der Waals surface area contributed by atoms with Crippen LogP contribution in [0.25, 0.3) is 0 Å². The quantitative estimate of drug-likeness (QED) is 0.685. The van der Waals surface area contributed by atoms with Crippen LogP contribution >= 0.6 is 0 Å². The van der Waals surface area contributed by atoms with Gasteiger partial charge in [0.2, 0.25) is 0 Å². The van der Waals surface area contributed by atoms with Crippen LogP contribution in [0.1, 0.15) is 72.1 Å². The topological polar surface area (TPSA) is 24.1 Å². The first-order chi connectivity index (χ1) is 11.9. The van der Waals surface area contributed by atoms with Gasteiger partial charge in [0.15, 0.2) is 0 Å². The standard InChI is InChI=1S/C23H38N2/c1-15-22(3)11-8-20-18-6-5-16-13-17(24-4)7-10-21(16,2)19(18)9-12-23(20,22)14-25-15/h5,15,17-20,24-25H,6-14H2,1-4H3. The van der Waals surface area contributed by atoms with Crippen molar-refractivity contribution in [1.29, 1.82) is 0 Å². The van der Waals surface area contributed by atoms with Crippen LogP contribution in [0.4, 0.5) is 0 Å². The molecule has 1 spiro atoms. The van der Waals surface area contributed by atoms with Gasteiger partial charge in [-0.05, 0) is 99.3 Å². The highest BCUT2D eigenvalue weighted by Gasteiger charge is 2.67. The number of hydrogen-bond donors (Lipinski definition) is 2. The third-order valence-corrected chi connectivity index (χ3v) is 10.5. The number of nitrogens with one attached hydrogen (secondary N) is 2. The van der Waals surface area contributed by atoms with E-state index in [1.54, 1.807) is 0 Å². The zero-order chi connectivity index (χ0) is 17.4. The van der Waals surface area contributed by atoms with Gasteiger partial charge in [0.05, 0.1) is 0 Å². The molecule has 5 rings (SSSR count). The minimum Gasteiger partial charge on any atom is -0.317 e.